The van der Waals surface area contributed by atoms with Gasteiger partial charge in [-0.2, -0.15) is 0 Å². The fraction of sp³-hybridized carbons (Fsp3) is 0.600. The molecule has 1 aliphatic rings. The smallest absolute Gasteiger partial charge is 0.268 e. The van der Waals surface area contributed by atoms with Gasteiger partial charge in [0.25, 0.3) is 5.91 Å². The molecule has 1 heterocycles. The van der Waals surface area contributed by atoms with E-state index in [-0.39, 0.29) is 23.8 Å². The maximum absolute atomic E-state index is 12.2. The van der Waals surface area contributed by atoms with Crippen LogP contribution in [0.25, 0.3) is 0 Å². The van der Waals surface area contributed by atoms with Crippen LogP contribution in [0.3, 0.4) is 0 Å². The van der Waals surface area contributed by atoms with Gasteiger partial charge in [-0.25, -0.2) is 0 Å². The van der Waals surface area contributed by atoms with Gasteiger partial charge in [0.1, 0.15) is 5.69 Å². The number of nitrogens with two attached hydrogens (primary N) is 1. The van der Waals surface area contributed by atoms with Crippen molar-refractivity contribution in [3.63, 3.8) is 0 Å². The Hall–Kier alpha value is -1.98. The molecule has 0 saturated heterocycles. The van der Waals surface area contributed by atoms with E-state index in [4.69, 9.17) is 5.73 Å². The molecule has 1 aromatic rings. The number of carbonyl (C=O) groups is 2. The molecule has 21 heavy (non-hydrogen) atoms. The van der Waals surface area contributed by atoms with Crippen LogP contribution in [0.2, 0.25) is 0 Å². The average Bonchev–Trinajstić information content (AvgIpc) is 3.10. The Balaban J connectivity index is 1.84. The molecule has 4 N–H and O–H groups in total. The fourth-order valence-corrected chi connectivity index (χ4v) is 2.20. The minimum absolute atomic E-state index is 0.0695. The quantitative estimate of drug-likeness (QED) is 0.767. The highest BCUT2D eigenvalue weighted by Crippen LogP contribution is 2.37. The van der Waals surface area contributed by atoms with E-state index in [0.29, 0.717) is 24.0 Å². The van der Waals surface area contributed by atoms with Crippen molar-refractivity contribution in [1.29, 1.82) is 0 Å². The maximum atomic E-state index is 12.2. The lowest BCUT2D eigenvalue weighted by molar-refractivity contribution is -0.122. The lowest BCUT2D eigenvalue weighted by Crippen LogP contribution is -2.42. The molecule has 2 amide bonds. The molecule has 0 aromatic carbocycles. The van der Waals surface area contributed by atoms with Gasteiger partial charge in [-0.1, -0.05) is 0 Å². The van der Waals surface area contributed by atoms with Crippen LogP contribution < -0.4 is 16.4 Å². The summed E-state index contributed by atoms with van der Waals surface area (Å²) in [5.74, 6) is -0.248. The number of carbonyl (C=O) groups excluding carboxylic acids is 2. The van der Waals surface area contributed by atoms with E-state index < -0.39 is 0 Å². The third-order valence-electron chi connectivity index (χ3n) is 3.19. The van der Waals surface area contributed by atoms with Crippen LogP contribution >= 0.6 is 0 Å². The second kappa shape index (κ2) is 5.79. The number of nitrogens with zero attached hydrogens (tertiary/aromatic N) is 1. The van der Waals surface area contributed by atoms with Crippen molar-refractivity contribution >= 4 is 17.5 Å². The van der Waals surface area contributed by atoms with Crippen molar-refractivity contribution in [2.24, 2.45) is 0 Å². The van der Waals surface area contributed by atoms with E-state index in [1.54, 1.807) is 12.3 Å². The van der Waals surface area contributed by atoms with Gasteiger partial charge in [-0.05, 0) is 39.7 Å². The number of anilines is 1. The Morgan fingerprint density at radius 1 is 1.38 bits per heavy atom. The van der Waals surface area contributed by atoms with E-state index in [1.807, 2.05) is 25.3 Å². The standard InChI is InChI=1S/C15H24N4O2/c1-15(2,3)18-13(20)6-7-17-14(21)12-8-10(16)9-19(12)11-4-5-11/h8-9,11H,4-7,16H2,1-3H3,(H,17,21)(H,18,20). The van der Waals surface area contributed by atoms with Crippen molar-refractivity contribution in [3.8, 4) is 0 Å². The number of amides is 2. The van der Waals surface area contributed by atoms with Gasteiger partial charge in [-0.15, -0.1) is 0 Å². The second-order valence-corrected chi connectivity index (χ2v) is 6.60. The predicted octanol–water partition coefficient (Wildman–Crippen LogP) is 1.44. The lowest BCUT2D eigenvalue weighted by atomic mass is 10.1. The summed E-state index contributed by atoms with van der Waals surface area (Å²) in [5.41, 5.74) is 6.68. The molecular formula is C15H24N4O2. The molecule has 0 spiro atoms. The van der Waals surface area contributed by atoms with Crippen molar-refractivity contribution < 1.29 is 9.59 Å². The first kappa shape index (κ1) is 15.4. The molecule has 0 atom stereocenters. The van der Waals surface area contributed by atoms with Gasteiger partial charge in [0.05, 0.1) is 5.69 Å². The number of nitrogens with one attached hydrogen (secondary N) is 2. The molecule has 0 radical (unpaired) electrons. The SMILES string of the molecule is CC(C)(C)NC(=O)CCNC(=O)c1cc(N)cn1C1CC1. The van der Waals surface area contributed by atoms with E-state index in [1.165, 1.54) is 0 Å². The summed E-state index contributed by atoms with van der Waals surface area (Å²) < 4.78 is 1.93. The van der Waals surface area contributed by atoms with E-state index >= 15 is 0 Å². The van der Waals surface area contributed by atoms with Crippen molar-refractivity contribution in [1.82, 2.24) is 15.2 Å². The van der Waals surface area contributed by atoms with Crippen LogP contribution in [0.1, 0.15) is 56.6 Å². The summed E-state index contributed by atoms with van der Waals surface area (Å²) >= 11 is 0. The third-order valence-corrected chi connectivity index (χ3v) is 3.19. The number of hydrogen-bond acceptors (Lipinski definition) is 3. The van der Waals surface area contributed by atoms with E-state index in [9.17, 15) is 9.59 Å². The number of rotatable bonds is 5. The lowest BCUT2D eigenvalue weighted by Gasteiger charge is -2.20. The van der Waals surface area contributed by atoms with Crippen molar-refractivity contribution in [2.75, 3.05) is 12.3 Å². The Kier molecular flexibility index (Phi) is 4.25. The maximum Gasteiger partial charge on any atom is 0.268 e. The van der Waals surface area contributed by atoms with Gasteiger partial charge in [0.2, 0.25) is 5.91 Å². The molecule has 1 saturated carbocycles. The molecule has 0 unspecified atom stereocenters. The monoisotopic (exact) mass is 292 g/mol. The van der Waals surface area contributed by atoms with Crippen molar-refractivity contribution in [2.45, 2.75) is 51.6 Å². The molecule has 2 rings (SSSR count). The van der Waals surface area contributed by atoms with Crippen LogP contribution in [-0.2, 0) is 4.79 Å². The van der Waals surface area contributed by atoms with Crippen LogP contribution in [-0.4, -0.2) is 28.5 Å². The summed E-state index contributed by atoms with van der Waals surface area (Å²) in [5, 5.41) is 5.64. The first-order valence-electron chi connectivity index (χ1n) is 7.33. The molecule has 1 fully saturated rings. The molecule has 6 heteroatoms. The largest absolute Gasteiger partial charge is 0.397 e. The highest BCUT2D eigenvalue weighted by molar-refractivity contribution is 5.94. The molecule has 1 aliphatic carbocycles. The molecule has 1 aromatic heterocycles. The normalized spacial score (nSPS) is 14.8. The van der Waals surface area contributed by atoms with E-state index in [0.717, 1.165) is 12.8 Å². The molecule has 0 aliphatic heterocycles. The van der Waals surface area contributed by atoms with Crippen LogP contribution in [0.5, 0.6) is 0 Å². The summed E-state index contributed by atoms with van der Waals surface area (Å²) in [4.78, 5) is 23.8. The van der Waals surface area contributed by atoms with Crippen LogP contribution in [0, 0.1) is 0 Å². The van der Waals surface area contributed by atoms with Gasteiger partial charge in [0.15, 0.2) is 0 Å². The predicted molar refractivity (Wildman–Crippen MR) is 82.0 cm³/mol. The Labute approximate surface area is 125 Å². The zero-order chi connectivity index (χ0) is 15.6. The zero-order valence-corrected chi connectivity index (χ0v) is 12.9. The number of nitrogen functional groups attached to an aromatic ring is 1. The minimum atomic E-state index is -0.254. The van der Waals surface area contributed by atoms with Crippen LogP contribution in [0.4, 0.5) is 5.69 Å². The summed E-state index contributed by atoms with van der Waals surface area (Å²) in [6, 6.07) is 2.08. The molecule has 6 nitrogen and oxygen atoms in total. The van der Waals surface area contributed by atoms with Gasteiger partial charge >= 0.3 is 0 Å². The number of hydrogen-bond donors (Lipinski definition) is 3. The number of aromatic nitrogens is 1. The van der Waals surface area contributed by atoms with Crippen molar-refractivity contribution in [3.05, 3.63) is 18.0 Å². The Morgan fingerprint density at radius 3 is 2.62 bits per heavy atom. The highest BCUT2D eigenvalue weighted by Gasteiger charge is 2.27. The average molecular weight is 292 g/mol. The van der Waals surface area contributed by atoms with E-state index in [2.05, 4.69) is 10.6 Å². The Morgan fingerprint density at radius 2 is 2.05 bits per heavy atom. The Bertz CT molecular complexity index is 538. The topological polar surface area (TPSA) is 89.2 Å². The zero-order valence-electron chi connectivity index (χ0n) is 12.9. The van der Waals surface area contributed by atoms with Gasteiger partial charge in [-0.3, -0.25) is 9.59 Å². The van der Waals surface area contributed by atoms with Gasteiger partial charge in [0, 0.05) is 30.7 Å². The summed E-state index contributed by atoms with van der Waals surface area (Å²) in [6.45, 7) is 6.09. The highest BCUT2D eigenvalue weighted by atomic mass is 16.2. The fourth-order valence-electron chi connectivity index (χ4n) is 2.20. The summed E-state index contributed by atoms with van der Waals surface area (Å²) in [6.07, 6.45) is 4.24. The summed E-state index contributed by atoms with van der Waals surface area (Å²) in [7, 11) is 0. The van der Waals surface area contributed by atoms with Crippen LogP contribution in [0.15, 0.2) is 12.3 Å². The second-order valence-electron chi connectivity index (χ2n) is 6.60. The third kappa shape index (κ3) is 4.51. The minimum Gasteiger partial charge on any atom is -0.397 e. The first-order valence-corrected chi connectivity index (χ1v) is 7.33. The first-order chi connectivity index (χ1) is 9.76. The molecule has 0 bridgehead atoms. The van der Waals surface area contributed by atoms with Gasteiger partial charge < -0.3 is 20.9 Å². The molecular weight excluding hydrogens is 268 g/mol. The molecule has 116 valence electrons.